The molecule has 5 rings (SSSR count). The van der Waals surface area contributed by atoms with Gasteiger partial charge in [-0.2, -0.15) is 0 Å². The molecule has 1 aliphatic heterocycles. The lowest BCUT2D eigenvalue weighted by Crippen LogP contribution is -2.45. The van der Waals surface area contributed by atoms with Gasteiger partial charge >= 0.3 is 0 Å². The molecular weight excluding hydrogens is 420 g/mol. The van der Waals surface area contributed by atoms with Crippen LogP contribution in [-0.4, -0.2) is 33.0 Å². The van der Waals surface area contributed by atoms with Gasteiger partial charge in [0.25, 0.3) is 0 Å². The Hall–Kier alpha value is -2.91. The SMILES string of the molecule is Cc1nc(Sc2ccnc(N)c2C)c(N)nc1N1CCC2(CC1)Cc1ncccc1[C@H]2N. The van der Waals surface area contributed by atoms with Gasteiger partial charge in [0.1, 0.15) is 10.8 Å². The van der Waals surface area contributed by atoms with Crippen LogP contribution in [0.15, 0.2) is 40.5 Å². The molecule has 2 aliphatic rings. The second kappa shape index (κ2) is 7.90. The Morgan fingerprint density at radius 1 is 1.03 bits per heavy atom. The second-order valence-corrected chi connectivity index (χ2v) is 9.82. The van der Waals surface area contributed by atoms with Crippen LogP contribution < -0.4 is 22.1 Å². The van der Waals surface area contributed by atoms with Crippen LogP contribution in [0.5, 0.6) is 0 Å². The number of aromatic nitrogens is 4. The number of nitrogens with zero attached hydrogens (tertiary/aromatic N) is 5. The summed E-state index contributed by atoms with van der Waals surface area (Å²) < 4.78 is 0. The van der Waals surface area contributed by atoms with Crippen molar-refractivity contribution in [1.29, 1.82) is 0 Å². The van der Waals surface area contributed by atoms with E-state index in [2.05, 4.69) is 20.9 Å². The zero-order chi connectivity index (χ0) is 22.5. The summed E-state index contributed by atoms with van der Waals surface area (Å²) in [6.07, 6.45) is 6.51. The Kier molecular flexibility index (Phi) is 5.17. The molecule has 3 aromatic heterocycles. The number of aryl methyl sites for hydroxylation is 1. The minimum atomic E-state index is 0.0421. The highest BCUT2D eigenvalue weighted by atomic mass is 32.2. The third kappa shape index (κ3) is 3.45. The molecule has 9 heteroatoms. The van der Waals surface area contributed by atoms with E-state index in [1.807, 2.05) is 32.2 Å². The third-order valence-corrected chi connectivity index (χ3v) is 8.09. The van der Waals surface area contributed by atoms with Crippen LogP contribution in [-0.2, 0) is 6.42 Å². The number of piperidine rings is 1. The number of anilines is 3. The van der Waals surface area contributed by atoms with E-state index in [1.54, 1.807) is 6.20 Å². The van der Waals surface area contributed by atoms with E-state index in [9.17, 15) is 0 Å². The summed E-state index contributed by atoms with van der Waals surface area (Å²) in [6, 6.07) is 6.07. The molecule has 8 nitrogen and oxygen atoms in total. The van der Waals surface area contributed by atoms with E-state index >= 15 is 0 Å². The van der Waals surface area contributed by atoms with Crippen LogP contribution in [0.4, 0.5) is 17.5 Å². The molecule has 166 valence electrons. The van der Waals surface area contributed by atoms with Gasteiger partial charge in [0.05, 0.1) is 5.69 Å². The standard InChI is InChI=1S/C23H28N8S/c1-13-17(5-9-28-19(13)25)32-22-20(26)30-21(14(2)29-22)31-10-6-23(7-11-31)12-16-15(18(23)24)4-3-8-27-16/h3-5,8-9,18H,6-7,10-12,24H2,1-2H3,(H2,25,28)(H2,26,30)/t18-/m1/s1. The Labute approximate surface area is 192 Å². The first-order valence-corrected chi connectivity index (χ1v) is 11.7. The van der Waals surface area contributed by atoms with Crippen molar-refractivity contribution >= 4 is 29.2 Å². The molecule has 0 aromatic carbocycles. The van der Waals surface area contributed by atoms with Crippen molar-refractivity contribution in [3.05, 3.63) is 53.1 Å². The lowest BCUT2D eigenvalue weighted by Gasteiger charge is -2.42. The molecule has 0 saturated carbocycles. The number of hydrogen-bond donors (Lipinski definition) is 3. The Bertz CT molecular complexity index is 1170. The molecule has 1 fully saturated rings. The predicted molar refractivity (Wildman–Crippen MR) is 127 cm³/mol. The Morgan fingerprint density at radius 3 is 2.56 bits per heavy atom. The van der Waals surface area contributed by atoms with Crippen molar-refractivity contribution in [2.75, 3.05) is 29.5 Å². The van der Waals surface area contributed by atoms with Crippen LogP contribution >= 0.6 is 11.8 Å². The zero-order valence-corrected chi connectivity index (χ0v) is 19.2. The van der Waals surface area contributed by atoms with Gasteiger partial charge in [-0.1, -0.05) is 17.8 Å². The van der Waals surface area contributed by atoms with Gasteiger partial charge in [0.15, 0.2) is 11.6 Å². The molecule has 1 saturated heterocycles. The summed E-state index contributed by atoms with van der Waals surface area (Å²) in [7, 11) is 0. The van der Waals surface area contributed by atoms with Crippen molar-refractivity contribution in [1.82, 2.24) is 19.9 Å². The van der Waals surface area contributed by atoms with E-state index in [1.165, 1.54) is 17.3 Å². The summed E-state index contributed by atoms with van der Waals surface area (Å²) in [5, 5.41) is 0.688. The minimum Gasteiger partial charge on any atom is -0.383 e. The molecular formula is C23H28N8S. The maximum atomic E-state index is 6.69. The van der Waals surface area contributed by atoms with E-state index in [-0.39, 0.29) is 11.5 Å². The molecule has 0 radical (unpaired) electrons. The normalized spacial score (nSPS) is 19.3. The number of rotatable bonds is 3. The lowest BCUT2D eigenvalue weighted by atomic mass is 9.73. The van der Waals surface area contributed by atoms with Crippen LogP contribution in [0.1, 0.15) is 41.4 Å². The summed E-state index contributed by atoms with van der Waals surface area (Å²) in [4.78, 5) is 21.5. The van der Waals surface area contributed by atoms with Gasteiger partial charge in [-0.3, -0.25) is 4.98 Å². The monoisotopic (exact) mass is 448 g/mol. The molecule has 1 aliphatic carbocycles. The largest absolute Gasteiger partial charge is 0.383 e. The van der Waals surface area contributed by atoms with Gasteiger partial charge in [-0.15, -0.1) is 0 Å². The van der Waals surface area contributed by atoms with E-state index in [0.717, 1.165) is 60.0 Å². The van der Waals surface area contributed by atoms with Crippen molar-refractivity contribution in [2.24, 2.45) is 11.1 Å². The van der Waals surface area contributed by atoms with Crippen LogP contribution in [0.25, 0.3) is 0 Å². The van der Waals surface area contributed by atoms with Crippen LogP contribution in [0.3, 0.4) is 0 Å². The highest BCUT2D eigenvalue weighted by Crippen LogP contribution is 2.50. The second-order valence-electron chi connectivity index (χ2n) is 8.79. The summed E-state index contributed by atoms with van der Waals surface area (Å²) in [5.74, 6) is 1.80. The highest BCUT2D eigenvalue weighted by molar-refractivity contribution is 7.99. The van der Waals surface area contributed by atoms with E-state index in [4.69, 9.17) is 27.2 Å². The first-order chi connectivity index (χ1) is 15.4. The molecule has 3 aromatic rings. The first kappa shape index (κ1) is 21.0. The number of pyridine rings is 2. The van der Waals surface area contributed by atoms with Crippen LogP contribution in [0.2, 0.25) is 0 Å². The molecule has 6 N–H and O–H groups in total. The van der Waals surface area contributed by atoms with Gasteiger partial charge in [-0.05, 0) is 56.2 Å². The minimum absolute atomic E-state index is 0.0421. The van der Waals surface area contributed by atoms with Gasteiger partial charge in [0.2, 0.25) is 0 Å². The molecule has 1 atom stereocenters. The fourth-order valence-corrected chi connectivity index (χ4v) is 5.86. The highest BCUT2D eigenvalue weighted by Gasteiger charge is 2.46. The maximum absolute atomic E-state index is 6.69. The van der Waals surface area contributed by atoms with Gasteiger partial charge < -0.3 is 22.1 Å². The predicted octanol–water partition coefficient (Wildman–Crippen LogP) is 3.04. The Balaban J connectivity index is 1.34. The van der Waals surface area contributed by atoms with Crippen molar-refractivity contribution in [2.45, 2.75) is 49.1 Å². The van der Waals surface area contributed by atoms with Crippen molar-refractivity contribution in [3.8, 4) is 0 Å². The average Bonchev–Trinajstić information content (AvgIpc) is 3.06. The van der Waals surface area contributed by atoms with Crippen LogP contribution in [0, 0.1) is 19.3 Å². The third-order valence-electron chi connectivity index (χ3n) is 6.94. The summed E-state index contributed by atoms with van der Waals surface area (Å²) in [5.41, 5.74) is 23.2. The van der Waals surface area contributed by atoms with Crippen molar-refractivity contribution < 1.29 is 0 Å². The van der Waals surface area contributed by atoms with Gasteiger partial charge in [0, 0.05) is 47.7 Å². The molecule has 1 spiro atoms. The van der Waals surface area contributed by atoms with Crippen molar-refractivity contribution in [3.63, 3.8) is 0 Å². The maximum Gasteiger partial charge on any atom is 0.158 e. The fraction of sp³-hybridized carbons (Fsp3) is 0.391. The molecule has 32 heavy (non-hydrogen) atoms. The summed E-state index contributed by atoms with van der Waals surface area (Å²) >= 11 is 1.47. The fourth-order valence-electron chi connectivity index (χ4n) is 4.93. The number of nitrogens with two attached hydrogens (primary N) is 3. The number of hydrogen-bond acceptors (Lipinski definition) is 9. The average molecular weight is 449 g/mol. The molecule has 0 unspecified atom stereocenters. The first-order valence-electron chi connectivity index (χ1n) is 10.9. The molecule has 0 amide bonds. The quantitative estimate of drug-likeness (QED) is 0.553. The smallest absolute Gasteiger partial charge is 0.158 e. The number of nitrogen functional groups attached to an aromatic ring is 2. The van der Waals surface area contributed by atoms with Gasteiger partial charge in [-0.25, -0.2) is 15.0 Å². The summed E-state index contributed by atoms with van der Waals surface area (Å²) in [6.45, 7) is 5.69. The number of fused-ring (bicyclic) bond motifs is 1. The molecule has 0 bridgehead atoms. The topological polar surface area (TPSA) is 133 Å². The van der Waals surface area contributed by atoms with E-state index < -0.39 is 0 Å². The van der Waals surface area contributed by atoms with E-state index in [0.29, 0.717) is 16.7 Å². The zero-order valence-electron chi connectivity index (χ0n) is 18.4. The molecule has 4 heterocycles. The lowest BCUT2D eigenvalue weighted by molar-refractivity contribution is 0.186. The Morgan fingerprint density at radius 2 is 1.81 bits per heavy atom.